The van der Waals surface area contributed by atoms with Crippen molar-refractivity contribution in [2.45, 2.75) is 39.4 Å². The van der Waals surface area contributed by atoms with Gasteiger partial charge in [0.05, 0.1) is 6.10 Å². The van der Waals surface area contributed by atoms with Crippen LogP contribution in [0.4, 0.5) is 0 Å². The molecule has 100 valence electrons. The zero-order valence-corrected chi connectivity index (χ0v) is 11.2. The number of carboxylic acids is 1. The molecular weight excluding hydrogens is 232 g/mol. The Morgan fingerprint density at radius 2 is 1.67 bits per heavy atom. The molecule has 4 nitrogen and oxygen atoms in total. The van der Waals surface area contributed by atoms with E-state index in [1.165, 1.54) is 0 Å². The Hall–Kier alpha value is -1.55. The standard InChI is InChI=1S/C14H20O4/c1-9(2)14(17,13(15)16)11-5-7-12(8-6-11)18-10(3)4/h5-10,17H,1-4H3,(H,15,16). The maximum absolute atomic E-state index is 11.2. The fraction of sp³-hybridized carbons (Fsp3) is 0.500. The van der Waals surface area contributed by atoms with E-state index in [9.17, 15) is 15.0 Å². The summed E-state index contributed by atoms with van der Waals surface area (Å²) < 4.78 is 5.47. The molecule has 0 radical (unpaired) electrons. The molecular formula is C14H20O4. The Balaban J connectivity index is 3.06. The number of benzene rings is 1. The highest BCUT2D eigenvalue weighted by atomic mass is 16.5. The van der Waals surface area contributed by atoms with Crippen molar-refractivity contribution in [1.29, 1.82) is 0 Å². The summed E-state index contributed by atoms with van der Waals surface area (Å²) in [6, 6.07) is 6.52. The van der Waals surface area contributed by atoms with Crippen LogP contribution in [0.25, 0.3) is 0 Å². The lowest BCUT2D eigenvalue weighted by molar-refractivity contribution is -0.165. The fourth-order valence-corrected chi connectivity index (χ4v) is 1.76. The summed E-state index contributed by atoms with van der Waals surface area (Å²) in [4.78, 5) is 11.2. The van der Waals surface area contributed by atoms with Gasteiger partial charge in [-0.15, -0.1) is 0 Å². The Labute approximate surface area is 107 Å². The molecule has 1 unspecified atom stereocenters. The topological polar surface area (TPSA) is 66.8 Å². The minimum Gasteiger partial charge on any atom is -0.491 e. The van der Waals surface area contributed by atoms with Crippen LogP contribution >= 0.6 is 0 Å². The highest BCUT2D eigenvalue weighted by molar-refractivity contribution is 5.79. The van der Waals surface area contributed by atoms with E-state index in [4.69, 9.17) is 4.74 Å². The van der Waals surface area contributed by atoms with Crippen LogP contribution in [0, 0.1) is 5.92 Å². The second kappa shape index (κ2) is 5.40. The predicted molar refractivity (Wildman–Crippen MR) is 68.6 cm³/mol. The molecule has 1 atom stereocenters. The van der Waals surface area contributed by atoms with Crippen LogP contribution in [-0.2, 0) is 10.4 Å². The lowest BCUT2D eigenvalue weighted by Crippen LogP contribution is -2.40. The first kappa shape index (κ1) is 14.5. The molecule has 4 heteroatoms. The molecule has 0 fully saturated rings. The van der Waals surface area contributed by atoms with E-state index in [0.29, 0.717) is 11.3 Å². The number of aliphatic carboxylic acids is 1. The van der Waals surface area contributed by atoms with Crippen molar-refractivity contribution in [3.63, 3.8) is 0 Å². The number of carboxylic acid groups (broad SMARTS) is 1. The van der Waals surface area contributed by atoms with E-state index in [2.05, 4.69) is 0 Å². The molecule has 0 aromatic heterocycles. The van der Waals surface area contributed by atoms with Gasteiger partial charge in [0.2, 0.25) is 0 Å². The Kier molecular flexibility index (Phi) is 4.35. The number of aliphatic hydroxyl groups is 1. The Bertz CT molecular complexity index is 408. The first-order valence-electron chi connectivity index (χ1n) is 6.01. The molecule has 0 aliphatic carbocycles. The smallest absolute Gasteiger partial charge is 0.340 e. The zero-order chi connectivity index (χ0) is 13.9. The van der Waals surface area contributed by atoms with Crippen LogP contribution < -0.4 is 4.74 Å². The quantitative estimate of drug-likeness (QED) is 0.844. The second-order valence-electron chi connectivity index (χ2n) is 4.92. The van der Waals surface area contributed by atoms with E-state index in [-0.39, 0.29) is 6.10 Å². The van der Waals surface area contributed by atoms with Gasteiger partial charge in [0, 0.05) is 0 Å². The van der Waals surface area contributed by atoms with Gasteiger partial charge in [-0.3, -0.25) is 0 Å². The van der Waals surface area contributed by atoms with Gasteiger partial charge in [-0.25, -0.2) is 4.79 Å². The van der Waals surface area contributed by atoms with Gasteiger partial charge in [-0.05, 0) is 37.5 Å². The van der Waals surface area contributed by atoms with Gasteiger partial charge >= 0.3 is 5.97 Å². The van der Waals surface area contributed by atoms with Crippen molar-refractivity contribution in [1.82, 2.24) is 0 Å². The van der Waals surface area contributed by atoms with Crippen molar-refractivity contribution in [2.24, 2.45) is 5.92 Å². The van der Waals surface area contributed by atoms with Crippen LogP contribution in [0.15, 0.2) is 24.3 Å². The van der Waals surface area contributed by atoms with Gasteiger partial charge < -0.3 is 14.9 Å². The van der Waals surface area contributed by atoms with E-state index in [1.807, 2.05) is 13.8 Å². The van der Waals surface area contributed by atoms with Crippen LogP contribution in [0.1, 0.15) is 33.3 Å². The lowest BCUT2D eigenvalue weighted by atomic mass is 9.83. The molecule has 0 spiro atoms. The molecule has 0 aliphatic heterocycles. The summed E-state index contributed by atoms with van der Waals surface area (Å²) in [6.07, 6.45) is 0.0549. The molecule has 18 heavy (non-hydrogen) atoms. The largest absolute Gasteiger partial charge is 0.491 e. The highest BCUT2D eigenvalue weighted by Crippen LogP contribution is 2.31. The minimum atomic E-state index is -1.86. The van der Waals surface area contributed by atoms with Crippen LogP contribution in [0.5, 0.6) is 5.75 Å². The average Bonchev–Trinajstić information content (AvgIpc) is 2.27. The summed E-state index contributed by atoms with van der Waals surface area (Å²) in [5.74, 6) is -1.01. The first-order valence-corrected chi connectivity index (χ1v) is 6.01. The van der Waals surface area contributed by atoms with Crippen LogP contribution in [0.3, 0.4) is 0 Å². The van der Waals surface area contributed by atoms with Gasteiger partial charge in [-0.2, -0.15) is 0 Å². The Morgan fingerprint density at radius 3 is 2.00 bits per heavy atom. The molecule has 0 amide bonds. The first-order chi connectivity index (χ1) is 8.28. The molecule has 0 aliphatic rings. The zero-order valence-electron chi connectivity index (χ0n) is 11.2. The Morgan fingerprint density at radius 1 is 1.17 bits per heavy atom. The molecule has 1 rings (SSSR count). The van der Waals surface area contributed by atoms with Crippen LogP contribution in [-0.4, -0.2) is 22.3 Å². The van der Waals surface area contributed by atoms with Crippen LogP contribution in [0.2, 0.25) is 0 Å². The maximum Gasteiger partial charge on any atom is 0.340 e. The molecule has 1 aromatic rings. The third-order valence-corrected chi connectivity index (χ3v) is 2.83. The van der Waals surface area contributed by atoms with Gasteiger partial charge in [0.15, 0.2) is 5.60 Å². The van der Waals surface area contributed by atoms with Crippen molar-refractivity contribution in [3.05, 3.63) is 29.8 Å². The third kappa shape index (κ3) is 2.82. The second-order valence-corrected chi connectivity index (χ2v) is 4.92. The third-order valence-electron chi connectivity index (χ3n) is 2.83. The summed E-state index contributed by atoms with van der Waals surface area (Å²) in [5, 5.41) is 19.5. The molecule has 0 bridgehead atoms. The van der Waals surface area contributed by atoms with E-state index < -0.39 is 17.5 Å². The SMILES string of the molecule is CC(C)Oc1ccc(C(O)(C(=O)O)C(C)C)cc1. The van der Waals surface area contributed by atoms with Gasteiger partial charge in [-0.1, -0.05) is 26.0 Å². The van der Waals surface area contributed by atoms with Gasteiger partial charge in [0.1, 0.15) is 5.75 Å². The van der Waals surface area contributed by atoms with Gasteiger partial charge in [0.25, 0.3) is 0 Å². The average molecular weight is 252 g/mol. The summed E-state index contributed by atoms with van der Waals surface area (Å²) >= 11 is 0. The van der Waals surface area contributed by atoms with E-state index in [0.717, 1.165) is 0 Å². The number of hydrogen-bond donors (Lipinski definition) is 2. The van der Waals surface area contributed by atoms with Crippen molar-refractivity contribution >= 4 is 5.97 Å². The summed E-state index contributed by atoms with van der Waals surface area (Å²) in [6.45, 7) is 7.17. The van der Waals surface area contributed by atoms with E-state index in [1.54, 1.807) is 38.1 Å². The molecule has 0 heterocycles. The number of rotatable bonds is 5. The molecule has 1 aromatic carbocycles. The monoisotopic (exact) mass is 252 g/mol. The van der Waals surface area contributed by atoms with Crippen molar-refractivity contribution in [2.75, 3.05) is 0 Å². The predicted octanol–water partition coefficient (Wildman–Crippen LogP) is 2.40. The van der Waals surface area contributed by atoms with Crippen molar-refractivity contribution in [3.8, 4) is 5.75 Å². The molecule has 0 saturated carbocycles. The summed E-state index contributed by atoms with van der Waals surface area (Å²) in [7, 11) is 0. The maximum atomic E-state index is 11.2. The summed E-state index contributed by atoms with van der Waals surface area (Å²) in [5.41, 5.74) is -1.50. The lowest BCUT2D eigenvalue weighted by Gasteiger charge is -2.28. The highest BCUT2D eigenvalue weighted by Gasteiger charge is 2.41. The minimum absolute atomic E-state index is 0.0549. The van der Waals surface area contributed by atoms with E-state index >= 15 is 0 Å². The number of carbonyl (C=O) groups is 1. The molecule has 2 N–H and O–H groups in total. The fourth-order valence-electron chi connectivity index (χ4n) is 1.76. The molecule has 0 saturated heterocycles. The normalized spacial score (nSPS) is 14.6. The number of hydrogen-bond acceptors (Lipinski definition) is 3. The van der Waals surface area contributed by atoms with Crippen molar-refractivity contribution < 1.29 is 19.7 Å². The number of ether oxygens (including phenoxy) is 1.